The minimum atomic E-state index is -0.254. The lowest BCUT2D eigenvalue weighted by atomic mass is 10.1. The second-order valence-corrected chi connectivity index (χ2v) is 7.29. The first kappa shape index (κ1) is 17.9. The molecular weight excluding hydrogens is 327 g/mol. The van der Waals surface area contributed by atoms with Gasteiger partial charge in [0.05, 0.1) is 5.69 Å². The molecule has 0 atom stereocenters. The van der Waals surface area contributed by atoms with Crippen LogP contribution in [0.4, 0.5) is 21.8 Å². The Bertz CT molecular complexity index is 902. The highest BCUT2D eigenvalue weighted by Gasteiger charge is 2.14. The third-order valence-corrected chi connectivity index (χ3v) is 3.73. The van der Waals surface area contributed by atoms with Gasteiger partial charge in [0.25, 0.3) is 0 Å². The zero-order valence-corrected chi connectivity index (χ0v) is 15.5. The second kappa shape index (κ2) is 7.12. The first-order valence-corrected chi connectivity index (χ1v) is 8.56. The Morgan fingerprint density at radius 1 is 0.923 bits per heavy atom. The molecule has 0 spiro atoms. The standard InChI is InChI=1S/C21H23FN4/c1-14-12-16(22)10-11-17(14)23-19-13-18(15-8-6-5-7-9-15)24-20(25-19)26-21(2,3)4/h5-13H,1-4H3,(H2,23,24,25,26). The molecule has 0 unspecified atom stereocenters. The fraction of sp³-hybridized carbons (Fsp3) is 0.238. The van der Waals surface area contributed by atoms with Gasteiger partial charge in [0.15, 0.2) is 0 Å². The quantitative estimate of drug-likeness (QED) is 0.648. The lowest BCUT2D eigenvalue weighted by molar-refractivity contribution is 0.625. The third kappa shape index (κ3) is 4.57. The first-order valence-electron chi connectivity index (χ1n) is 8.56. The van der Waals surface area contributed by atoms with E-state index < -0.39 is 0 Å². The molecule has 0 aliphatic heterocycles. The summed E-state index contributed by atoms with van der Waals surface area (Å²) in [5, 5.41) is 6.60. The number of halogens is 1. The number of anilines is 3. The second-order valence-electron chi connectivity index (χ2n) is 7.29. The largest absolute Gasteiger partial charge is 0.350 e. The Morgan fingerprint density at radius 2 is 1.65 bits per heavy atom. The molecule has 0 amide bonds. The number of nitrogens with one attached hydrogen (secondary N) is 2. The van der Waals surface area contributed by atoms with E-state index in [2.05, 4.69) is 41.4 Å². The zero-order valence-electron chi connectivity index (χ0n) is 15.5. The Balaban J connectivity index is 2.01. The highest BCUT2D eigenvalue weighted by atomic mass is 19.1. The van der Waals surface area contributed by atoms with E-state index in [1.807, 2.05) is 43.3 Å². The van der Waals surface area contributed by atoms with E-state index in [0.717, 1.165) is 22.5 Å². The minimum Gasteiger partial charge on any atom is -0.350 e. The van der Waals surface area contributed by atoms with Crippen LogP contribution < -0.4 is 10.6 Å². The van der Waals surface area contributed by atoms with Crippen LogP contribution >= 0.6 is 0 Å². The maximum atomic E-state index is 13.4. The molecule has 3 rings (SSSR count). The molecule has 26 heavy (non-hydrogen) atoms. The number of nitrogens with zero attached hydrogens (tertiary/aromatic N) is 2. The van der Waals surface area contributed by atoms with Crippen molar-refractivity contribution in [3.63, 3.8) is 0 Å². The van der Waals surface area contributed by atoms with Crippen LogP contribution in [0, 0.1) is 12.7 Å². The van der Waals surface area contributed by atoms with Crippen LogP contribution in [0.25, 0.3) is 11.3 Å². The highest BCUT2D eigenvalue weighted by molar-refractivity contribution is 5.68. The van der Waals surface area contributed by atoms with Crippen molar-refractivity contribution in [1.29, 1.82) is 0 Å². The fourth-order valence-electron chi connectivity index (χ4n) is 2.56. The predicted octanol–water partition coefficient (Wildman–Crippen LogP) is 5.55. The van der Waals surface area contributed by atoms with Gasteiger partial charge < -0.3 is 10.6 Å². The van der Waals surface area contributed by atoms with E-state index in [9.17, 15) is 4.39 Å². The summed E-state index contributed by atoms with van der Waals surface area (Å²) in [6.07, 6.45) is 0. The summed E-state index contributed by atoms with van der Waals surface area (Å²) < 4.78 is 13.4. The monoisotopic (exact) mass is 350 g/mol. The van der Waals surface area contributed by atoms with Crippen molar-refractivity contribution in [3.05, 3.63) is 66.0 Å². The van der Waals surface area contributed by atoms with Crippen LogP contribution in [0.3, 0.4) is 0 Å². The molecule has 0 aliphatic carbocycles. The van der Waals surface area contributed by atoms with Gasteiger partial charge in [0.1, 0.15) is 11.6 Å². The normalized spacial score (nSPS) is 11.3. The van der Waals surface area contributed by atoms with Crippen LogP contribution in [-0.2, 0) is 0 Å². The molecule has 0 saturated heterocycles. The molecule has 2 N–H and O–H groups in total. The molecule has 3 aromatic rings. The minimum absolute atomic E-state index is 0.168. The van der Waals surface area contributed by atoms with Gasteiger partial charge in [-0.2, -0.15) is 4.98 Å². The summed E-state index contributed by atoms with van der Waals surface area (Å²) in [6.45, 7) is 8.04. The van der Waals surface area contributed by atoms with Crippen LogP contribution in [0.15, 0.2) is 54.6 Å². The van der Waals surface area contributed by atoms with Gasteiger partial charge in [-0.15, -0.1) is 0 Å². The molecule has 5 heteroatoms. The summed E-state index contributed by atoms with van der Waals surface area (Å²) >= 11 is 0. The molecular formula is C21H23FN4. The van der Waals surface area contributed by atoms with Crippen LogP contribution in [-0.4, -0.2) is 15.5 Å². The van der Waals surface area contributed by atoms with E-state index in [1.54, 1.807) is 6.07 Å². The van der Waals surface area contributed by atoms with E-state index in [1.165, 1.54) is 12.1 Å². The predicted molar refractivity (Wildman–Crippen MR) is 105 cm³/mol. The van der Waals surface area contributed by atoms with Gasteiger partial charge in [0.2, 0.25) is 5.95 Å². The third-order valence-electron chi connectivity index (χ3n) is 3.73. The van der Waals surface area contributed by atoms with Crippen molar-refractivity contribution < 1.29 is 4.39 Å². The maximum absolute atomic E-state index is 13.4. The van der Waals surface area contributed by atoms with Crippen molar-refractivity contribution in [3.8, 4) is 11.3 Å². The molecule has 0 saturated carbocycles. The lowest BCUT2D eigenvalue weighted by Crippen LogP contribution is -2.27. The van der Waals surface area contributed by atoms with Crippen molar-refractivity contribution in [2.75, 3.05) is 10.6 Å². The summed E-state index contributed by atoms with van der Waals surface area (Å²) in [7, 11) is 0. The number of aryl methyl sites for hydroxylation is 1. The summed E-state index contributed by atoms with van der Waals surface area (Å²) in [5.41, 5.74) is 3.28. The van der Waals surface area contributed by atoms with E-state index in [-0.39, 0.29) is 11.4 Å². The number of aromatic nitrogens is 2. The van der Waals surface area contributed by atoms with Gasteiger partial charge in [-0.25, -0.2) is 9.37 Å². The Morgan fingerprint density at radius 3 is 2.31 bits per heavy atom. The Hall–Kier alpha value is -2.95. The molecule has 0 aliphatic rings. The molecule has 1 heterocycles. The summed E-state index contributed by atoms with van der Waals surface area (Å²) in [6, 6.07) is 16.5. The topological polar surface area (TPSA) is 49.8 Å². The van der Waals surface area contributed by atoms with Gasteiger partial charge in [0, 0.05) is 22.9 Å². The molecule has 0 bridgehead atoms. The molecule has 4 nitrogen and oxygen atoms in total. The number of hydrogen-bond acceptors (Lipinski definition) is 4. The van der Waals surface area contributed by atoms with Crippen molar-refractivity contribution >= 4 is 17.5 Å². The average Bonchev–Trinajstić information content (AvgIpc) is 2.56. The number of benzene rings is 2. The van der Waals surface area contributed by atoms with Crippen molar-refractivity contribution in [2.45, 2.75) is 33.2 Å². The van der Waals surface area contributed by atoms with Crippen LogP contribution in [0.2, 0.25) is 0 Å². The summed E-state index contributed by atoms with van der Waals surface area (Å²) in [5.74, 6) is 0.942. The lowest BCUT2D eigenvalue weighted by Gasteiger charge is -2.21. The van der Waals surface area contributed by atoms with E-state index in [0.29, 0.717) is 11.8 Å². The van der Waals surface area contributed by atoms with Gasteiger partial charge >= 0.3 is 0 Å². The SMILES string of the molecule is Cc1cc(F)ccc1Nc1cc(-c2ccccc2)nc(NC(C)(C)C)n1. The summed E-state index contributed by atoms with van der Waals surface area (Å²) in [4.78, 5) is 9.22. The van der Waals surface area contributed by atoms with Crippen LogP contribution in [0.5, 0.6) is 0 Å². The highest BCUT2D eigenvalue weighted by Crippen LogP contribution is 2.26. The number of hydrogen-bond donors (Lipinski definition) is 2. The fourth-order valence-corrected chi connectivity index (χ4v) is 2.56. The first-order chi connectivity index (χ1) is 12.3. The smallest absolute Gasteiger partial charge is 0.225 e. The van der Waals surface area contributed by atoms with Crippen molar-refractivity contribution in [2.24, 2.45) is 0 Å². The molecule has 1 aromatic heterocycles. The van der Waals surface area contributed by atoms with Crippen molar-refractivity contribution in [1.82, 2.24) is 9.97 Å². The molecule has 134 valence electrons. The van der Waals surface area contributed by atoms with E-state index in [4.69, 9.17) is 0 Å². The van der Waals surface area contributed by atoms with E-state index >= 15 is 0 Å². The van der Waals surface area contributed by atoms with Crippen LogP contribution in [0.1, 0.15) is 26.3 Å². The van der Waals surface area contributed by atoms with Gasteiger partial charge in [-0.1, -0.05) is 30.3 Å². The Labute approximate surface area is 153 Å². The average molecular weight is 350 g/mol. The molecule has 2 aromatic carbocycles. The van der Waals surface area contributed by atoms with Gasteiger partial charge in [-0.05, 0) is 51.5 Å². The zero-order chi connectivity index (χ0) is 18.7. The number of rotatable bonds is 4. The Kier molecular flexibility index (Phi) is 4.89. The molecule has 0 radical (unpaired) electrons. The molecule has 0 fully saturated rings. The van der Waals surface area contributed by atoms with Gasteiger partial charge in [-0.3, -0.25) is 0 Å². The maximum Gasteiger partial charge on any atom is 0.225 e.